The second kappa shape index (κ2) is 11.6. The molecular formula is C29H30FN3O3. The van der Waals surface area contributed by atoms with Crippen molar-refractivity contribution in [1.29, 1.82) is 0 Å². The Morgan fingerprint density at radius 2 is 1.61 bits per heavy atom. The van der Waals surface area contributed by atoms with Crippen LogP contribution in [0.4, 0.5) is 4.39 Å². The molecule has 4 aromatic rings. The van der Waals surface area contributed by atoms with Gasteiger partial charge in [0, 0.05) is 19.2 Å². The van der Waals surface area contributed by atoms with E-state index in [9.17, 15) is 9.18 Å². The summed E-state index contributed by atoms with van der Waals surface area (Å²) in [6.45, 7) is 5.03. The maximum atomic E-state index is 14.6. The van der Waals surface area contributed by atoms with Crippen LogP contribution in [0.3, 0.4) is 0 Å². The van der Waals surface area contributed by atoms with Crippen LogP contribution in [0.15, 0.2) is 84.9 Å². The normalized spacial score (nSPS) is 11.0. The summed E-state index contributed by atoms with van der Waals surface area (Å²) in [5.74, 6) is -0.120. The lowest BCUT2D eigenvalue weighted by molar-refractivity contribution is 0.0678. The first-order valence-electron chi connectivity index (χ1n) is 11.9. The number of carbonyl (C=O) groups is 1. The van der Waals surface area contributed by atoms with E-state index in [1.54, 1.807) is 47.0 Å². The lowest BCUT2D eigenvalue weighted by atomic mass is 10.0. The zero-order valence-electron chi connectivity index (χ0n) is 20.7. The lowest BCUT2D eigenvalue weighted by Gasteiger charge is -2.24. The molecule has 3 aromatic carbocycles. The van der Waals surface area contributed by atoms with E-state index >= 15 is 0 Å². The summed E-state index contributed by atoms with van der Waals surface area (Å²) in [4.78, 5) is 15.2. The van der Waals surface area contributed by atoms with Crippen LogP contribution in [0.25, 0.3) is 5.69 Å². The molecule has 0 saturated heterocycles. The van der Waals surface area contributed by atoms with E-state index in [1.807, 2.05) is 62.4 Å². The second-order valence-corrected chi connectivity index (χ2v) is 8.69. The highest BCUT2D eigenvalue weighted by Crippen LogP contribution is 2.35. The van der Waals surface area contributed by atoms with Gasteiger partial charge in [-0.2, -0.15) is 5.10 Å². The predicted octanol–water partition coefficient (Wildman–Crippen LogP) is 6.22. The third-order valence-corrected chi connectivity index (χ3v) is 5.78. The van der Waals surface area contributed by atoms with Gasteiger partial charge in [-0.05, 0) is 42.3 Å². The highest BCUT2D eigenvalue weighted by Gasteiger charge is 2.27. The molecule has 0 atom stereocenters. The van der Waals surface area contributed by atoms with Gasteiger partial charge in [0.25, 0.3) is 5.91 Å². The van der Waals surface area contributed by atoms with Gasteiger partial charge in [-0.3, -0.25) is 4.79 Å². The van der Waals surface area contributed by atoms with Crippen LogP contribution in [0, 0.1) is 5.82 Å². The molecule has 0 bridgehead atoms. The molecule has 0 unspecified atom stereocenters. The first kappa shape index (κ1) is 25.1. The smallest absolute Gasteiger partial charge is 0.254 e. The number of rotatable bonds is 10. The van der Waals surface area contributed by atoms with Crippen molar-refractivity contribution in [3.63, 3.8) is 0 Å². The lowest BCUT2D eigenvalue weighted by Crippen LogP contribution is -2.33. The Balaban J connectivity index is 1.84. The SMILES string of the molecule is COCCN(Cc1c(C(C)C)nn(-c2ccccc2)c1Oc1ccccc1F)C(=O)c1ccccc1. The fraction of sp³-hybridized carbons (Fsp3) is 0.241. The van der Waals surface area contributed by atoms with Crippen LogP contribution in [0.2, 0.25) is 0 Å². The van der Waals surface area contributed by atoms with E-state index in [2.05, 4.69) is 0 Å². The van der Waals surface area contributed by atoms with E-state index < -0.39 is 5.82 Å². The molecule has 0 radical (unpaired) electrons. The molecule has 4 rings (SSSR count). The molecule has 0 fully saturated rings. The number of carbonyl (C=O) groups excluding carboxylic acids is 1. The van der Waals surface area contributed by atoms with Gasteiger partial charge in [-0.1, -0.05) is 62.4 Å². The van der Waals surface area contributed by atoms with Crippen molar-refractivity contribution in [3.8, 4) is 17.3 Å². The van der Waals surface area contributed by atoms with Gasteiger partial charge in [-0.15, -0.1) is 0 Å². The molecule has 0 aliphatic carbocycles. The molecule has 0 saturated carbocycles. The summed E-state index contributed by atoms with van der Waals surface area (Å²) >= 11 is 0. The van der Waals surface area contributed by atoms with Crippen molar-refractivity contribution in [2.75, 3.05) is 20.3 Å². The largest absolute Gasteiger partial charge is 0.435 e. The minimum absolute atomic E-state index is 0.0315. The van der Waals surface area contributed by atoms with Crippen LogP contribution < -0.4 is 4.74 Å². The molecule has 0 spiro atoms. The van der Waals surface area contributed by atoms with Crippen molar-refractivity contribution in [2.45, 2.75) is 26.3 Å². The van der Waals surface area contributed by atoms with E-state index in [4.69, 9.17) is 14.6 Å². The number of methoxy groups -OCH3 is 1. The molecule has 1 amide bonds. The molecule has 7 heteroatoms. The molecule has 36 heavy (non-hydrogen) atoms. The van der Waals surface area contributed by atoms with Crippen LogP contribution >= 0.6 is 0 Å². The van der Waals surface area contributed by atoms with Crippen LogP contribution in [0.1, 0.15) is 41.4 Å². The highest BCUT2D eigenvalue weighted by atomic mass is 19.1. The summed E-state index contributed by atoms with van der Waals surface area (Å²) in [6.07, 6.45) is 0. The van der Waals surface area contributed by atoms with Gasteiger partial charge < -0.3 is 14.4 Å². The van der Waals surface area contributed by atoms with E-state index in [1.165, 1.54) is 6.07 Å². The van der Waals surface area contributed by atoms with Crippen molar-refractivity contribution < 1.29 is 18.7 Å². The first-order chi connectivity index (χ1) is 17.5. The Kier molecular flexibility index (Phi) is 8.13. The van der Waals surface area contributed by atoms with Gasteiger partial charge in [0.1, 0.15) is 0 Å². The number of amides is 1. The van der Waals surface area contributed by atoms with Gasteiger partial charge in [0.05, 0.1) is 30.1 Å². The van der Waals surface area contributed by atoms with Crippen molar-refractivity contribution in [1.82, 2.24) is 14.7 Å². The Hall–Kier alpha value is -3.97. The number of hydrogen-bond acceptors (Lipinski definition) is 4. The van der Waals surface area contributed by atoms with Crippen molar-refractivity contribution >= 4 is 5.91 Å². The number of nitrogens with zero attached hydrogens (tertiary/aromatic N) is 3. The number of ether oxygens (including phenoxy) is 2. The van der Waals surface area contributed by atoms with Crippen molar-refractivity contribution in [3.05, 3.63) is 108 Å². The zero-order valence-corrected chi connectivity index (χ0v) is 20.7. The van der Waals surface area contributed by atoms with Crippen molar-refractivity contribution in [2.24, 2.45) is 0 Å². The summed E-state index contributed by atoms with van der Waals surface area (Å²) in [7, 11) is 1.60. The topological polar surface area (TPSA) is 56.6 Å². The minimum Gasteiger partial charge on any atom is -0.435 e. The average Bonchev–Trinajstić information content (AvgIpc) is 3.26. The average molecular weight is 488 g/mol. The standard InChI is InChI=1S/C29H30FN3O3/c1-21(2)27-24(20-32(18-19-35-3)28(34)22-12-6-4-7-13-22)29(36-26-17-11-10-16-25(26)30)33(31-27)23-14-8-5-9-15-23/h4-17,21H,18-20H2,1-3H3. The Morgan fingerprint density at radius 3 is 2.25 bits per heavy atom. The Morgan fingerprint density at radius 1 is 0.972 bits per heavy atom. The fourth-order valence-electron chi connectivity index (χ4n) is 3.95. The van der Waals surface area contributed by atoms with Crippen LogP contribution in [0.5, 0.6) is 11.6 Å². The minimum atomic E-state index is -0.480. The summed E-state index contributed by atoms with van der Waals surface area (Å²) in [5.41, 5.74) is 2.84. The fourth-order valence-corrected chi connectivity index (χ4v) is 3.95. The third kappa shape index (κ3) is 5.63. The number of aromatic nitrogens is 2. The van der Waals surface area contributed by atoms with Gasteiger partial charge >= 0.3 is 0 Å². The van der Waals surface area contributed by atoms with Gasteiger partial charge in [0.15, 0.2) is 11.6 Å². The first-order valence-corrected chi connectivity index (χ1v) is 11.9. The monoisotopic (exact) mass is 487 g/mol. The van der Waals surface area contributed by atoms with Gasteiger partial charge in [0.2, 0.25) is 5.88 Å². The second-order valence-electron chi connectivity index (χ2n) is 8.69. The van der Waals surface area contributed by atoms with Crippen LogP contribution in [-0.4, -0.2) is 40.8 Å². The third-order valence-electron chi connectivity index (χ3n) is 5.78. The Bertz CT molecular complexity index is 1290. The van der Waals surface area contributed by atoms with Crippen LogP contribution in [-0.2, 0) is 11.3 Å². The van der Waals surface area contributed by atoms with Gasteiger partial charge in [-0.25, -0.2) is 9.07 Å². The number of benzene rings is 3. The molecule has 0 N–H and O–H groups in total. The molecule has 1 heterocycles. The molecule has 0 aliphatic rings. The molecule has 6 nitrogen and oxygen atoms in total. The molecule has 186 valence electrons. The maximum Gasteiger partial charge on any atom is 0.254 e. The number of halogens is 1. The number of para-hydroxylation sites is 2. The van der Waals surface area contributed by atoms with E-state index in [0.29, 0.717) is 24.6 Å². The molecule has 0 aliphatic heterocycles. The Labute approximate surface area is 210 Å². The summed E-state index contributed by atoms with van der Waals surface area (Å²) in [6, 6.07) is 24.9. The summed E-state index contributed by atoms with van der Waals surface area (Å²) in [5, 5.41) is 4.87. The van der Waals surface area contributed by atoms with E-state index in [-0.39, 0.29) is 24.1 Å². The zero-order chi connectivity index (χ0) is 25.5. The highest BCUT2D eigenvalue weighted by molar-refractivity contribution is 5.94. The molecular weight excluding hydrogens is 457 g/mol. The number of hydrogen-bond donors (Lipinski definition) is 0. The predicted molar refractivity (Wildman–Crippen MR) is 137 cm³/mol. The quantitative estimate of drug-likeness (QED) is 0.267. The summed E-state index contributed by atoms with van der Waals surface area (Å²) < 4.78 is 27.8. The maximum absolute atomic E-state index is 14.6. The molecule has 1 aromatic heterocycles. The van der Waals surface area contributed by atoms with E-state index in [0.717, 1.165) is 16.9 Å².